The number of hydrogen-bond donors (Lipinski definition) is 2. The van der Waals surface area contributed by atoms with E-state index < -0.39 is 0 Å². The molecular formula is C16H27FN2+2. The van der Waals surface area contributed by atoms with E-state index in [0.717, 1.165) is 6.54 Å². The van der Waals surface area contributed by atoms with Crippen molar-refractivity contribution in [3.05, 3.63) is 35.6 Å². The number of quaternary nitrogens is 2. The maximum Gasteiger partial charge on any atom is 0.123 e. The summed E-state index contributed by atoms with van der Waals surface area (Å²) in [5, 5.41) is 4.92. The highest BCUT2D eigenvalue weighted by Crippen LogP contribution is 2.19. The Morgan fingerprint density at radius 3 is 2.16 bits per heavy atom. The largest absolute Gasteiger partial charge is 0.340 e. The van der Waals surface area contributed by atoms with E-state index in [2.05, 4.69) is 38.3 Å². The Morgan fingerprint density at radius 2 is 1.63 bits per heavy atom. The molecule has 2 nitrogen and oxygen atoms in total. The van der Waals surface area contributed by atoms with E-state index in [1.165, 1.54) is 18.4 Å². The number of hydrogen-bond acceptors (Lipinski definition) is 0. The van der Waals surface area contributed by atoms with Crippen molar-refractivity contribution in [3.63, 3.8) is 0 Å². The van der Waals surface area contributed by atoms with Gasteiger partial charge in [-0.2, -0.15) is 0 Å². The molecule has 1 fully saturated rings. The smallest absolute Gasteiger partial charge is 0.123 e. The molecular weight excluding hydrogens is 239 g/mol. The zero-order chi connectivity index (χ0) is 14.1. The number of nitrogens with two attached hydrogens (primary N) is 2. The van der Waals surface area contributed by atoms with Crippen molar-refractivity contribution in [2.45, 2.75) is 64.2 Å². The SMILES string of the molecule is CC1(C)CC([NH2+]Cc2ccc(F)cc2)CC(C)(C)[NH2+]1. The fourth-order valence-corrected chi connectivity index (χ4v) is 3.69. The number of piperidine rings is 1. The van der Waals surface area contributed by atoms with Gasteiger partial charge in [-0.3, -0.25) is 0 Å². The minimum absolute atomic E-state index is 0.154. The molecule has 1 aromatic carbocycles. The highest BCUT2D eigenvalue weighted by atomic mass is 19.1. The molecule has 0 bridgehead atoms. The van der Waals surface area contributed by atoms with Gasteiger partial charge in [-0.1, -0.05) is 12.1 Å². The van der Waals surface area contributed by atoms with Crippen molar-refractivity contribution < 1.29 is 15.0 Å². The molecule has 0 amide bonds. The summed E-state index contributed by atoms with van der Waals surface area (Å²) in [7, 11) is 0. The van der Waals surface area contributed by atoms with Crippen LogP contribution in [0.15, 0.2) is 24.3 Å². The quantitative estimate of drug-likeness (QED) is 0.823. The Bertz CT molecular complexity index is 407. The summed E-state index contributed by atoms with van der Waals surface area (Å²) >= 11 is 0. The van der Waals surface area contributed by atoms with Gasteiger partial charge in [0.1, 0.15) is 12.4 Å². The Kier molecular flexibility index (Phi) is 3.98. The maximum absolute atomic E-state index is 12.9. The van der Waals surface area contributed by atoms with Gasteiger partial charge in [0.05, 0.1) is 30.0 Å². The minimum Gasteiger partial charge on any atom is -0.340 e. The van der Waals surface area contributed by atoms with Crippen molar-refractivity contribution in [1.82, 2.24) is 0 Å². The van der Waals surface area contributed by atoms with Gasteiger partial charge < -0.3 is 10.6 Å². The van der Waals surface area contributed by atoms with Crippen LogP contribution in [0.4, 0.5) is 4.39 Å². The molecule has 1 heterocycles. The molecule has 0 radical (unpaired) electrons. The predicted octanol–water partition coefficient (Wildman–Crippen LogP) is 1.17. The lowest BCUT2D eigenvalue weighted by Gasteiger charge is -2.41. The topological polar surface area (TPSA) is 33.2 Å². The standard InChI is InChI=1S/C16H25FN2/c1-15(2)9-14(10-16(3,4)19-15)18-11-12-5-7-13(17)8-6-12/h5-8,14,18-19H,9-11H2,1-4H3/p+2. The lowest BCUT2D eigenvalue weighted by molar-refractivity contribution is -0.816. The van der Waals surface area contributed by atoms with Gasteiger partial charge in [0.2, 0.25) is 0 Å². The molecule has 0 spiro atoms. The van der Waals surface area contributed by atoms with E-state index in [1.807, 2.05) is 12.1 Å². The van der Waals surface area contributed by atoms with Crippen LogP contribution in [0, 0.1) is 5.82 Å². The first-order valence-corrected chi connectivity index (χ1v) is 7.21. The van der Waals surface area contributed by atoms with Gasteiger partial charge >= 0.3 is 0 Å². The van der Waals surface area contributed by atoms with E-state index in [9.17, 15) is 4.39 Å². The summed E-state index contributed by atoms with van der Waals surface area (Å²) in [6.45, 7) is 10.2. The van der Waals surface area contributed by atoms with Crippen LogP contribution < -0.4 is 10.6 Å². The van der Waals surface area contributed by atoms with E-state index in [4.69, 9.17) is 0 Å². The van der Waals surface area contributed by atoms with Gasteiger partial charge in [-0.15, -0.1) is 0 Å². The highest BCUT2D eigenvalue weighted by molar-refractivity contribution is 5.14. The first-order chi connectivity index (χ1) is 8.76. The zero-order valence-electron chi connectivity index (χ0n) is 12.5. The molecule has 1 aliphatic heterocycles. The first kappa shape index (κ1) is 14.5. The van der Waals surface area contributed by atoms with Crippen LogP contribution in [-0.2, 0) is 6.54 Å². The van der Waals surface area contributed by atoms with Gasteiger partial charge in [0, 0.05) is 5.56 Å². The molecule has 0 aromatic heterocycles. The Balaban J connectivity index is 1.93. The van der Waals surface area contributed by atoms with E-state index in [-0.39, 0.29) is 5.82 Å². The number of rotatable bonds is 3. The zero-order valence-corrected chi connectivity index (χ0v) is 12.5. The second kappa shape index (κ2) is 5.22. The Hall–Kier alpha value is -0.930. The third-order valence-corrected chi connectivity index (χ3v) is 3.96. The average molecular weight is 266 g/mol. The van der Waals surface area contributed by atoms with E-state index >= 15 is 0 Å². The molecule has 3 heteroatoms. The summed E-state index contributed by atoms with van der Waals surface area (Å²) in [5.41, 5.74) is 1.82. The Morgan fingerprint density at radius 1 is 1.11 bits per heavy atom. The fraction of sp³-hybridized carbons (Fsp3) is 0.625. The van der Waals surface area contributed by atoms with Gasteiger partial charge in [-0.05, 0) is 39.8 Å². The van der Waals surface area contributed by atoms with Crippen LogP contribution in [0.25, 0.3) is 0 Å². The van der Waals surface area contributed by atoms with Crippen LogP contribution >= 0.6 is 0 Å². The van der Waals surface area contributed by atoms with E-state index in [1.54, 1.807) is 12.1 Å². The molecule has 1 aromatic rings. The second-order valence-corrected chi connectivity index (χ2v) is 7.36. The number of benzene rings is 1. The molecule has 1 aliphatic rings. The summed E-state index contributed by atoms with van der Waals surface area (Å²) in [5.74, 6) is -0.154. The molecule has 0 aliphatic carbocycles. The third-order valence-electron chi connectivity index (χ3n) is 3.96. The van der Waals surface area contributed by atoms with Gasteiger partial charge in [-0.25, -0.2) is 4.39 Å². The maximum atomic E-state index is 12.9. The minimum atomic E-state index is -0.154. The second-order valence-electron chi connectivity index (χ2n) is 7.36. The first-order valence-electron chi connectivity index (χ1n) is 7.21. The normalized spacial score (nSPS) is 22.4. The summed E-state index contributed by atoms with van der Waals surface area (Å²) < 4.78 is 12.9. The van der Waals surface area contributed by atoms with Crippen LogP contribution in [-0.4, -0.2) is 17.1 Å². The summed E-state index contributed by atoms with van der Waals surface area (Å²) in [4.78, 5) is 0. The number of halogens is 1. The highest BCUT2D eigenvalue weighted by Gasteiger charge is 2.43. The molecule has 4 N–H and O–H groups in total. The van der Waals surface area contributed by atoms with Crippen molar-refractivity contribution >= 4 is 0 Å². The summed E-state index contributed by atoms with van der Waals surface area (Å²) in [6.07, 6.45) is 2.44. The van der Waals surface area contributed by atoms with Crippen LogP contribution in [0.2, 0.25) is 0 Å². The van der Waals surface area contributed by atoms with Crippen molar-refractivity contribution in [1.29, 1.82) is 0 Å². The van der Waals surface area contributed by atoms with Gasteiger partial charge in [0.25, 0.3) is 0 Å². The van der Waals surface area contributed by atoms with Crippen LogP contribution in [0.5, 0.6) is 0 Å². The lowest BCUT2D eigenvalue weighted by Crippen LogP contribution is -3.09. The van der Waals surface area contributed by atoms with Crippen molar-refractivity contribution in [3.8, 4) is 0 Å². The molecule has 19 heavy (non-hydrogen) atoms. The molecule has 1 saturated heterocycles. The van der Waals surface area contributed by atoms with E-state index in [0.29, 0.717) is 17.1 Å². The van der Waals surface area contributed by atoms with Crippen molar-refractivity contribution in [2.24, 2.45) is 0 Å². The van der Waals surface area contributed by atoms with Gasteiger partial charge in [0.15, 0.2) is 0 Å². The molecule has 0 saturated carbocycles. The third kappa shape index (κ3) is 4.29. The monoisotopic (exact) mass is 266 g/mol. The molecule has 0 unspecified atom stereocenters. The molecule has 2 rings (SSSR count). The summed E-state index contributed by atoms with van der Waals surface area (Å²) in [6, 6.07) is 7.52. The predicted molar refractivity (Wildman–Crippen MR) is 75.1 cm³/mol. The molecule has 106 valence electrons. The Labute approximate surface area is 115 Å². The van der Waals surface area contributed by atoms with Crippen LogP contribution in [0.3, 0.4) is 0 Å². The average Bonchev–Trinajstić information content (AvgIpc) is 2.24. The fourth-order valence-electron chi connectivity index (χ4n) is 3.69. The lowest BCUT2D eigenvalue weighted by atomic mass is 9.79. The molecule has 0 atom stereocenters. The van der Waals surface area contributed by atoms with Crippen LogP contribution in [0.1, 0.15) is 46.1 Å². The van der Waals surface area contributed by atoms with Crippen molar-refractivity contribution in [2.75, 3.05) is 0 Å².